The highest BCUT2D eigenvalue weighted by Gasteiger charge is 2.15. The molecule has 0 radical (unpaired) electrons. The van der Waals surface area contributed by atoms with Crippen LogP contribution in [0.3, 0.4) is 0 Å². The summed E-state index contributed by atoms with van der Waals surface area (Å²) in [6, 6.07) is 5.18. The Balaban J connectivity index is 2.35. The Labute approximate surface area is 118 Å². The third kappa shape index (κ3) is 5.44. The number of anilines is 2. The Morgan fingerprint density at radius 1 is 1.45 bits per heavy atom. The summed E-state index contributed by atoms with van der Waals surface area (Å²) in [5.74, 6) is 0.529. The predicted octanol–water partition coefficient (Wildman–Crippen LogP) is 1.47. The zero-order valence-corrected chi connectivity index (χ0v) is 11.9. The largest absolute Gasteiger partial charge is 0.444 e. The van der Waals surface area contributed by atoms with Crippen LogP contribution in [0.2, 0.25) is 0 Å². The number of hydrogen-bond donors (Lipinski definition) is 3. The lowest BCUT2D eigenvalue weighted by Crippen LogP contribution is -2.35. The Hall–Kier alpha value is -2.49. The lowest BCUT2D eigenvalue weighted by Gasteiger charge is -2.19. The van der Waals surface area contributed by atoms with Crippen molar-refractivity contribution in [1.82, 2.24) is 10.3 Å². The van der Waals surface area contributed by atoms with E-state index in [2.05, 4.69) is 15.6 Å². The molecule has 1 aromatic heterocycles. The highest BCUT2D eigenvalue weighted by molar-refractivity contribution is 5.67. The summed E-state index contributed by atoms with van der Waals surface area (Å²) in [7, 11) is 0. The summed E-state index contributed by atoms with van der Waals surface area (Å²) in [4.78, 5) is 15.4. The van der Waals surface area contributed by atoms with Gasteiger partial charge in [0.25, 0.3) is 0 Å². The number of amides is 1. The maximum Gasteiger partial charge on any atom is 0.407 e. The van der Waals surface area contributed by atoms with Crippen LogP contribution < -0.4 is 16.4 Å². The highest BCUT2D eigenvalue weighted by atomic mass is 16.6. The van der Waals surface area contributed by atoms with Crippen LogP contribution in [0.25, 0.3) is 0 Å². The summed E-state index contributed by atoms with van der Waals surface area (Å²) in [6.07, 6.45) is -0.470. The fourth-order valence-corrected chi connectivity index (χ4v) is 1.33. The maximum absolute atomic E-state index is 11.4. The van der Waals surface area contributed by atoms with Gasteiger partial charge in [0, 0.05) is 13.1 Å². The van der Waals surface area contributed by atoms with Crippen LogP contribution in [0.1, 0.15) is 26.5 Å². The average molecular weight is 277 g/mol. The number of carbonyl (C=O) groups excluding carboxylic acids is 1. The minimum atomic E-state index is -0.516. The Morgan fingerprint density at radius 3 is 2.75 bits per heavy atom. The second kappa shape index (κ2) is 6.61. The Bertz CT molecular complexity index is 516. The summed E-state index contributed by atoms with van der Waals surface area (Å²) >= 11 is 0. The molecule has 1 aromatic rings. The molecule has 0 unspecified atom stereocenters. The van der Waals surface area contributed by atoms with E-state index < -0.39 is 11.7 Å². The molecule has 0 saturated heterocycles. The van der Waals surface area contributed by atoms with Crippen LogP contribution in [0.5, 0.6) is 0 Å². The zero-order valence-electron chi connectivity index (χ0n) is 11.9. The number of nitriles is 1. The van der Waals surface area contributed by atoms with Gasteiger partial charge in [-0.25, -0.2) is 9.78 Å². The number of rotatable bonds is 4. The standard InChI is InChI=1S/C13H19N5O2/c1-13(2,3)20-12(19)17-7-6-16-11-5-4-9(15)10(8-14)18-11/h4-5H,6-7,15H2,1-3H3,(H,16,18)(H,17,19). The molecule has 0 aromatic carbocycles. The third-order valence-corrected chi connectivity index (χ3v) is 2.13. The smallest absolute Gasteiger partial charge is 0.407 e. The minimum absolute atomic E-state index is 0.176. The van der Waals surface area contributed by atoms with Gasteiger partial charge in [0.1, 0.15) is 17.5 Å². The van der Waals surface area contributed by atoms with Crippen molar-refractivity contribution >= 4 is 17.6 Å². The van der Waals surface area contributed by atoms with Crippen LogP contribution in [0, 0.1) is 11.3 Å². The van der Waals surface area contributed by atoms with Gasteiger partial charge in [0.05, 0.1) is 5.69 Å². The van der Waals surface area contributed by atoms with Gasteiger partial charge in [0.2, 0.25) is 0 Å². The fourth-order valence-electron chi connectivity index (χ4n) is 1.33. The molecule has 0 saturated carbocycles. The number of nitrogens with one attached hydrogen (secondary N) is 2. The number of pyridine rings is 1. The summed E-state index contributed by atoms with van der Waals surface area (Å²) < 4.78 is 5.09. The van der Waals surface area contributed by atoms with Gasteiger partial charge in [-0.1, -0.05) is 0 Å². The minimum Gasteiger partial charge on any atom is -0.444 e. The molecular formula is C13H19N5O2. The number of alkyl carbamates (subject to hydrolysis) is 1. The quantitative estimate of drug-likeness (QED) is 0.718. The molecule has 0 aliphatic heterocycles. The second-order valence-electron chi connectivity index (χ2n) is 5.10. The van der Waals surface area contributed by atoms with Gasteiger partial charge in [-0.05, 0) is 32.9 Å². The van der Waals surface area contributed by atoms with Crippen LogP contribution in [-0.4, -0.2) is 29.8 Å². The number of aromatic nitrogens is 1. The van der Waals surface area contributed by atoms with E-state index in [-0.39, 0.29) is 5.69 Å². The molecule has 1 amide bonds. The molecule has 7 heteroatoms. The normalized spacial score (nSPS) is 10.5. The number of nitrogen functional groups attached to an aromatic ring is 1. The number of hydrogen-bond acceptors (Lipinski definition) is 6. The van der Waals surface area contributed by atoms with Crippen molar-refractivity contribution in [2.75, 3.05) is 24.1 Å². The SMILES string of the molecule is CC(C)(C)OC(=O)NCCNc1ccc(N)c(C#N)n1. The van der Waals surface area contributed by atoms with E-state index in [4.69, 9.17) is 15.7 Å². The molecule has 0 atom stereocenters. The van der Waals surface area contributed by atoms with Crippen molar-refractivity contribution in [1.29, 1.82) is 5.26 Å². The van der Waals surface area contributed by atoms with Crippen molar-refractivity contribution < 1.29 is 9.53 Å². The first-order chi connectivity index (χ1) is 9.31. The van der Waals surface area contributed by atoms with E-state index in [0.29, 0.717) is 24.6 Å². The summed E-state index contributed by atoms with van der Waals surface area (Å²) in [5, 5.41) is 14.4. The molecule has 0 aliphatic rings. The molecule has 1 rings (SSSR count). The van der Waals surface area contributed by atoms with E-state index in [0.717, 1.165) is 0 Å². The second-order valence-corrected chi connectivity index (χ2v) is 5.10. The average Bonchev–Trinajstić information content (AvgIpc) is 2.34. The monoisotopic (exact) mass is 277 g/mol. The van der Waals surface area contributed by atoms with Gasteiger partial charge in [0.15, 0.2) is 5.69 Å². The molecule has 20 heavy (non-hydrogen) atoms. The molecule has 4 N–H and O–H groups in total. The van der Waals surface area contributed by atoms with E-state index in [9.17, 15) is 4.79 Å². The van der Waals surface area contributed by atoms with Crippen LogP contribution in [0.4, 0.5) is 16.3 Å². The number of carbonyl (C=O) groups is 1. The van der Waals surface area contributed by atoms with E-state index in [1.54, 1.807) is 32.9 Å². The van der Waals surface area contributed by atoms with Crippen LogP contribution in [-0.2, 0) is 4.74 Å². The van der Waals surface area contributed by atoms with Crippen molar-refractivity contribution in [3.05, 3.63) is 17.8 Å². The van der Waals surface area contributed by atoms with E-state index in [1.807, 2.05) is 6.07 Å². The number of nitrogens with two attached hydrogens (primary N) is 1. The molecule has 0 spiro atoms. The molecule has 108 valence electrons. The highest BCUT2D eigenvalue weighted by Crippen LogP contribution is 2.11. The van der Waals surface area contributed by atoms with Crippen LogP contribution in [0.15, 0.2) is 12.1 Å². The van der Waals surface area contributed by atoms with Gasteiger partial charge in [-0.3, -0.25) is 0 Å². The van der Waals surface area contributed by atoms with Crippen molar-refractivity contribution in [2.24, 2.45) is 0 Å². The topological polar surface area (TPSA) is 113 Å². The molecule has 0 aliphatic carbocycles. The number of nitrogens with zero attached hydrogens (tertiary/aromatic N) is 2. The Morgan fingerprint density at radius 2 is 2.15 bits per heavy atom. The Kier molecular flexibility index (Phi) is 5.15. The van der Waals surface area contributed by atoms with Crippen molar-refractivity contribution in [2.45, 2.75) is 26.4 Å². The lowest BCUT2D eigenvalue weighted by atomic mass is 10.2. The lowest BCUT2D eigenvalue weighted by molar-refractivity contribution is 0.0530. The summed E-state index contributed by atoms with van der Waals surface area (Å²) in [5.41, 5.74) is 5.56. The fraction of sp³-hybridized carbons (Fsp3) is 0.462. The van der Waals surface area contributed by atoms with Gasteiger partial charge >= 0.3 is 6.09 Å². The maximum atomic E-state index is 11.4. The van der Waals surface area contributed by atoms with Gasteiger partial charge < -0.3 is 21.1 Å². The third-order valence-electron chi connectivity index (χ3n) is 2.13. The van der Waals surface area contributed by atoms with Crippen LogP contribution >= 0.6 is 0 Å². The molecule has 0 bridgehead atoms. The van der Waals surface area contributed by atoms with Crippen molar-refractivity contribution in [3.63, 3.8) is 0 Å². The molecule has 7 nitrogen and oxygen atoms in total. The van der Waals surface area contributed by atoms with E-state index >= 15 is 0 Å². The first-order valence-electron chi connectivity index (χ1n) is 6.19. The van der Waals surface area contributed by atoms with Gasteiger partial charge in [-0.15, -0.1) is 0 Å². The number of ether oxygens (including phenoxy) is 1. The van der Waals surface area contributed by atoms with E-state index in [1.165, 1.54) is 0 Å². The molecular weight excluding hydrogens is 258 g/mol. The zero-order chi connectivity index (χ0) is 15.2. The van der Waals surface area contributed by atoms with Crippen molar-refractivity contribution in [3.8, 4) is 6.07 Å². The summed E-state index contributed by atoms with van der Waals surface area (Å²) in [6.45, 7) is 6.23. The first-order valence-corrected chi connectivity index (χ1v) is 6.19. The first kappa shape index (κ1) is 15.6. The molecule has 1 heterocycles. The predicted molar refractivity (Wildman–Crippen MR) is 76.1 cm³/mol. The van der Waals surface area contributed by atoms with Gasteiger partial charge in [-0.2, -0.15) is 5.26 Å². The molecule has 0 fully saturated rings.